The standard InChI is InChI=1S/C13H14F3N/c1-4-12(2,3)17-9-10-7-5-6-8-11(10)13(14,15)16/h1,5-8,17H,9H2,2-3H3. The topological polar surface area (TPSA) is 12.0 Å². The average molecular weight is 241 g/mol. The molecule has 0 radical (unpaired) electrons. The number of benzene rings is 1. The highest BCUT2D eigenvalue weighted by atomic mass is 19.4. The minimum Gasteiger partial charge on any atom is -0.297 e. The summed E-state index contributed by atoms with van der Waals surface area (Å²) in [6.45, 7) is 3.57. The van der Waals surface area contributed by atoms with Crippen LogP contribution in [0.4, 0.5) is 13.2 Å². The third-order valence-corrected chi connectivity index (χ3v) is 2.40. The van der Waals surface area contributed by atoms with Crippen LogP contribution in [0.15, 0.2) is 24.3 Å². The second-order valence-corrected chi connectivity index (χ2v) is 4.28. The van der Waals surface area contributed by atoms with Crippen LogP contribution in [-0.2, 0) is 12.7 Å². The molecule has 4 heteroatoms. The molecule has 1 aromatic rings. The van der Waals surface area contributed by atoms with Crippen LogP contribution in [0.3, 0.4) is 0 Å². The molecule has 0 unspecified atom stereocenters. The van der Waals surface area contributed by atoms with Crippen LogP contribution in [0, 0.1) is 12.3 Å². The lowest BCUT2D eigenvalue weighted by Crippen LogP contribution is -2.37. The van der Waals surface area contributed by atoms with E-state index in [2.05, 4.69) is 11.2 Å². The summed E-state index contributed by atoms with van der Waals surface area (Å²) >= 11 is 0. The van der Waals surface area contributed by atoms with Gasteiger partial charge in [-0.05, 0) is 25.5 Å². The Labute approximate surface area is 99.0 Å². The number of halogens is 3. The van der Waals surface area contributed by atoms with E-state index in [-0.39, 0.29) is 12.1 Å². The quantitative estimate of drug-likeness (QED) is 0.801. The van der Waals surface area contributed by atoms with Gasteiger partial charge in [-0.3, -0.25) is 5.32 Å². The van der Waals surface area contributed by atoms with E-state index in [1.54, 1.807) is 19.9 Å². The second kappa shape index (κ2) is 4.80. The zero-order chi connectivity index (χ0) is 13.1. The van der Waals surface area contributed by atoms with Gasteiger partial charge >= 0.3 is 6.18 Å². The van der Waals surface area contributed by atoms with Gasteiger partial charge in [-0.15, -0.1) is 6.42 Å². The molecule has 0 fully saturated rings. The van der Waals surface area contributed by atoms with Gasteiger partial charge in [-0.1, -0.05) is 24.1 Å². The molecule has 1 nitrogen and oxygen atoms in total. The van der Waals surface area contributed by atoms with Crippen molar-refractivity contribution >= 4 is 0 Å². The van der Waals surface area contributed by atoms with Crippen LogP contribution < -0.4 is 5.32 Å². The summed E-state index contributed by atoms with van der Waals surface area (Å²) in [6, 6.07) is 5.47. The Hall–Kier alpha value is -1.47. The highest BCUT2D eigenvalue weighted by Crippen LogP contribution is 2.31. The average Bonchev–Trinajstić information content (AvgIpc) is 2.26. The maximum absolute atomic E-state index is 12.7. The summed E-state index contributed by atoms with van der Waals surface area (Å²) in [6.07, 6.45) is 0.925. The zero-order valence-electron chi connectivity index (χ0n) is 9.73. The summed E-state index contributed by atoms with van der Waals surface area (Å²) in [4.78, 5) is 0. The minimum absolute atomic E-state index is 0.0902. The lowest BCUT2D eigenvalue weighted by Gasteiger charge is -2.21. The molecule has 0 spiro atoms. The van der Waals surface area contributed by atoms with Gasteiger partial charge in [0.15, 0.2) is 0 Å². The second-order valence-electron chi connectivity index (χ2n) is 4.28. The Kier molecular flexibility index (Phi) is 3.84. The van der Waals surface area contributed by atoms with Gasteiger partial charge in [0.1, 0.15) is 0 Å². The van der Waals surface area contributed by atoms with Crippen LogP contribution in [0.25, 0.3) is 0 Å². The maximum atomic E-state index is 12.7. The Morgan fingerprint density at radius 3 is 2.35 bits per heavy atom. The molecule has 0 aromatic heterocycles. The summed E-state index contributed by atoms with van der Waals surface area (Å²) < 4.78 is 38.0. The molecule has 0 saturated carbocycles. The molecule has 0 saturated heterocycles. The van der Waals surface area contributed by atoms with Crippen LogP contribution in [0.2, 0.25) is 0 Å². The number of hydrogen-bond donors (Lipinski definition) is 1. The van der Waals surface area contributed by atoms with E-state index < -0.39 is 17.3 Å². The number of terminal acetylenes is 1. The maximum Gasteiger partial charge on any atom is 0.416 e. The molecule has 0 atom stereocenters. The van der Waals surface area contributed by atoms with E-state index in [4.69, 9.17) is 6.42 Å². The van der Waals surface area contributed by atoms with Crippen molar-refractivity contribution in [2.24, 2.45) is 0 Å². The molecule has 1 N–H and O–H groups in total. The van der Waals surface area contributed by atoms with Crippen molar-refractivity contribution in [2.75, 3.05) is 0 Å². The van der Waals surface area contributed by atoms with E-state index in [1.165, 1.54) is 12.1 Å². The van der Waals surface area contributed by atoms with E-state index in [0.29, 0.717) is 0 Å². The van der Waals surface area contributed by atoms with Crippen molar-refractivity contribution in [1.29, 1.82) is 0 Å². The lowest BCUT2D eigenvalue weighted by atomic mass is 10.0. The molecule has 17 heavy (non-hydrogen) atoms. The Balaban J connectivity index is 2.90. The minimum atomic E-state index is -4.33. The largest absolute Gasteiger partial charge is 0.416 e. The first kappa shape index (κ1) is 13.6. The van der Waals surface area contributed by atoms with Crippen molar-refractivity contribution in [3.63, 3.8) is 0 Å². The smallest absolute Gasteiger partial charge is 0.297 e. The Morgan fingerprint density at radius 1 is 1.24 bits per heavy atom. The van der Waals surface area contributed by atoms with Crippen molar-refractivity contribution < 1.29 is 13.2 Å². The van der Waals surface area contributed by atoms with E-state index in [9.17, 15) is 13.2 Å². The third-order valence-electron chi connectivity index (χ3n) is 2.40. The number of alkyl halides is 3. The van der Waals surface area contributed by atoms with Crippen molar-refractivity contribution in [1.82, 2.24) is 5.32 Å². The third kappa shape index (κ3) is 3.79. The number of rotatable bonds is 3. The SMILES string of the molecule is C#CC(C)(C)NCc1ccccc1C(F)(F)F. The van der Waals surface area contributed by atoms with Crippen LogP contribution in [0.1, 0.15) is 25.0 Å². The highest BCUT2D eigenvalue weighted by Gasteiger charge is 2.32. The van der Waals surface area contributed by atoms with Gasteiger partial charge in [0.2, 0.25) is 0 Å². The molecular formula is C13H14F3N. The fourth-order valence-electron chi connectivity index (χ4n) is 1.32. The molecule has 92 valence electrons. The summed E-state index contributed by atoms with van der Waals surface area (Å²) in [7, 11) is 0. The van der Waals surface area contributed by atoms with Crippen molar-refractivity contribution in [3.05, 3.63) is 35.4 Å². The van der Waals surface area contributed by atoms with Crippen molar-refractivity contribution in [3.8, 4) is 12.3 Å². The van der Waals surface area contributed by atoms with Crippen LogP contribution >= 0.6 is 0 Å². The first-order valence-electron chi connectivity index (χ1n) is 5.14. The van der Waals surface area contributed by atoms with Gasteiger partial charge in [0.25, 0.3) is 0 Å². The monoisotopic (exact) mass is 241 g/mol. The molecule has 1 aromatic carbocycles. The van der Waals surface area contributed by atoms with Gasteiger partial charge in [0, 0.05) is 6.54 Å². The van der Waals surface area contributed by atoms with Crippen LogP contribution in [0.5, 0.6) is 0 Å². The molecular weight excluding hydrogens is 227 g/mol. The van der Waals surface area contributed by atoms with E-state index in [0.717, 1.165) is 6.07 Å². The highest BCUT2D eigenvalue weighted by molar-refractivity contribution is 5.30. The van der Waals surface area contributed by atoms with E-state index >= 15 is 0 Å². The molecule has 0 aliphatic rings. The van der Waals surface area contributed by atoms with E-state index in [1.807, 2.05) is 0 Å². The van der Waals surface area contributed by atoms with Crippen LogP contribution in [-0.4, -0.2) is 5.54 Å². The lowest BCUT2D eigenvalue weighted by molar-refractivity contribution is -0.138. The number of nitrogens with one attached hydrogen (secondary N) is 1. The summed E-state index contributed by atoms with van der Waals surface area (Å²) in [5, 5.41) is 2.90. The molecule has 0 aliphatic carbocycles. The van der Waals surface area contributed by atoms with Gasteiger partial charge in [-0.25, -0.2) is 0 Å². The molecule has 0 heterocycles. The predicted octanol–water partition coefficient (Wildman–Crippen LogP) is 3.21. The molecule has 0 amide bonds. The summed E-state index contributed by atoms with van der Waals surface area (Å²) in [5.74, 6) is 2.48. The summed E-state index contributed by atoms with van der Waals surface area (Å²) in [5.41, 5.74) is -1.05. The Morgan fingerprint density at radius 2 is 1.82 bits per heavy atom. The van der Waals surface area contributed by atoms with Gasteiger partial charge in [0.05, 0.1) is 11.1 Å². The first-order chi connectivity index (χ1) is 7.76. The fourth-order valence-corrected chi connectivity index (χ4v) is 1.32. The van der Waals surface area contributed by atoms with Gasteiger partial charge < -0.3 is 0 Å². The predicted molar refractivity (Wildman–Crippen MR) is 61.2 cm³/mol. The molecule has 1 rings (SSSR count). The zero-order valence-corrected chi connectivity index (χ0v) is 9.73. The van der Waals surface area contributed by atoms with Gasteiger partial charge in [-0.2, -0.15) is 13.2 Å². The molecule has 0 aliphatic heterocycles. The molecule has 0 bridgehead atoms. The first-order valence-corrected chi connectivity index (χ1v) is 5.14. The number of hydrogen-bond acceptors (Lipinski definition) is 1. The normalized spacial score (nSPS) is 12.2. The Bertz CT molecular complexity index is 427. The van der Waals surface area contributed by atoms with Crippen molar-refractivity contribution in [2.45, 2.75) is 32.1 Å². The fraction of sp³-hybridized carbons (Fsp3) is 0.385.